The summed E-state index contributed by atoms with van der Waals surface area (Å²) in [7, 11) is 0. The van der Waals surface area contributed by atoms with Gasteiger partial charge in [0.05, 0.1) is 18.8 Å². The van der Waals surface area contributed by atoms with Gasteiger partial charge in [-0.15, -0.1) is 0 Å². The lowest BCUT2D eigenvalue weighted by molar-refractivity contribution is -0.139. The molecule has 0 atom stereocenters. The summed E-state index contributed by atoms with van der Waals surface area (Å²) in [4.78, 5) is 11.7. The largest absolute Gasteiger partial charge is 0.462 e. The fourth-order valence-electron chi connectivity index (χ4n) is 7.93. The molecule has 218 valence electrons. The van der Waals surface area contributed by atoms with Crippen LogP contribution in [0, 0.1) is 29.5 Å². The van der Waals surface area contributed by atoms with Crippen molar-refractivity contribution in [1.82, 2.24) is 0 Å². The van der Waals surface area contributed by atoms with Gasteiger partial charge in [0.15, 0.2) is 0 Å². The zero-order chi connectivity index (χ0) is 27.6. The van der Waals surface area contributed by atoms with Crippen molar-refractivity contribution in [3.63, 3.8) is 0 Å². The standard InChI is InChI=1S/C35H53FO3/c1-3-4-5-6-26-7-13-30(14-8-26)32-19-20-33(34(36)23-32)31-17-15-29(16-18-31)28-11-9-27(10-12-28)21-22-39-35(38)25(2)24-37/h19-20,23,26-31,37H,2-18,21-22,24H2,1H3. The van der Waals surface area contributed by atoms with Crippen LogP contribution in [-0.2, 0) is 9.53 Å². The van der Waals surface area contributed by atoms with Gasteiger partial charge in [0.2, 0.25) is 0 Å². The number of benzene rings is 1. The molecular formula is C35H53FO3. The summed E-state index contributed by atoms with van der Waals surface area (Å²) in [5, 5.41) is 8.98. The van der Waals surface area contributed by atoms with Crippen molar-refractivity contribution in [2.75, 3.05) is 13.2 Å². The van der Waals surface area contributed by atoms with Crippen LogP contribution in [0.2, 0.25) is 0 Å². The first-order valence-corrected chi connectivity index (χ1v) is 16.2. The number of aliphatic hydroxyl groups excluding tert-OH is 1. The first-order valence-electron chi connectivity index (χ1n) is 16.2. The van der Waals surface area contributed by atoms with Crippen molar-refractivity contribution in [2.24, 2.45) is 23.7 Å². The van der Waals surface area contributed by atoms with Gasteiger partial charge in [-0.2, -0.15) is 0 Å². The molecule has 0 aromatic heterocycles. The predicted octanol–water partition coefficient (Wildman–Crippen LogP) is 9.24. The molecule has 4 heteroatoms. The molecule has 3 fully saturated rings. The van der Waals surface area contributed by atoms with E-state index in [-0.39, 0.29) is 18.0 Å². The van der Waals surface area contributed by atoms with Gasteiger partial charge in [-0.25, -0.2) is 9.18 Å². The first kappa shape index (κ1) is 30.3. The molecule has 3 aliphatic rings. The average Bonchev–Trinajstić information content (AvgIpc) is 2.97. The van der Waals surface area contributed by atoms with E-state index in [0.29, 0.717) is 24.4 Å². The highest BCUT2D eigenvalue weighted by Gasteiger charge is 2.32. The lowest BCUT2D eigenvalue weighted by Crippen LogP contribution is -2.26. The summed E-state index contributed by atoms with van der Waals surface area (Å²) < 4.78 is 20.6. The van der Waals surface area contributed by atoms with Crippen molar-refractivity contribution >= 4 is 5.97 Å². The normalized spacial score (nSPS) is 29.6. The Morgan fingerprint density at radius 3 is 2.08 bits per heavy atom. The Morgan fingerprint density at radius 1 is 0.872 bits per heavy atom. The average molecular weight is 541 g/mol. The van der Waals surface area contributed by atoms with Crippen LogP contribution in [0.15, 0.2) is 30.4 Å². The molecule has 1 aromatic carbocycles. The minimum Gasteiger partial charge on any atom is -0.462 e. The summed E-state index contributed by atoms with van der Waals surface area (Å²) in [5.74, 6) is 3.59. The second-order valence-electron chi connectivity index (χ2n) is 13.1. The van der Waals surface area contributed by atoms with Gasteiger partial charge < -0.3 is 9.84 Å². The number of aliphatic hydroxyl groups is 1. The minimum atomic E-state index is -0.477. The second kappa shape index (κ2) is 15.4. The Labute approximate surface area is 237 Å². The lowest BCUT2D eigenvalue weighted by atomic mass is 9.68. The molecule has 0 amide bonds. The summed E-state index contributed by atoms with van der Waals surface area (Å²) in [5.41, 5.74) is 2.33. The molecule has 0 spiro atoms. The third-order valence-corrected chi connectivity index (χ3v) is 10.6. The van der Waals surface area contributed by atoms with E-state index in [1.54, 1.807) is 0 Å². The van der Waals surface area contributed by atoms with Gasteiger partial charge >= 0.3 is 5.97 Å². The minimum absolute atomic E-state index is 0.0461. The van der Waals surface area contributed by atoms with Gasteiger partial charge in [0, 0.05) is 0 Å². The number of halogens is 1. The summed E-state index contributed by atoms with van der Waals surface area (Å²) in [6, 6.07) is 6.28. The number of hydrogen-bond acceptors (Lipinski definition) is 3. The van der Waals surface area contributed by atoms with E-state index in [0.717, 1.165) is 42.6 Å². The van der Waals surface area contributed by atoms with E-state index in [2.05, 4.69) is 25.6 Å². The van der Waals surface area contributed by atoms with Crippen molar-refractivity contribution in [2.45, 2.75) is 128 Å². The van der Waals surface area contributed by atoms with E-state index in [4.69, 9.17) is 9.84 Å². The Morgan fingerprint density at radius 2 is 1.46 bits per heavy atom. The van der Waals surface area contributed by atoms with Crippen molar-refractivity contribution in [3.8, 4) is 0 Å². The highest BCUT2D eigenvalue weighted by atomic mass is 19.1. The Kier molecular flexibility index (Phi) is 11.9. The molecular weight excluding hydrogens is 487 g/mol. The van der Waals surface area contributed by atoms with Crippen LogP contribution >= 0.6 is 0 Å². The first-order chi connectivity index (χ1) is 19.0. The Bertz CT molecular complexity index is 902. The van der Waals surface area contributed by atoms with Gasteiger partial charge in [0.1, 0.15) is 5.82 Å². The van der Waals surface area contributed by atoms with E-state index in [1.165, 1.54) is 95.5 Å². The molecule has 4 rings (SSSR count). The number of carbonyl (C=O) groups excluding carboxylic acids is 1. The monoisotopic (exact) mass is 540 g/mol. The fourth-order valence-corrected chi connectivity index (χ4v) is 7.93. The zero-order valence-corrected chi connectivity index (χ0v) is 24.5. The van der Waals surface area contributed by atoms with Gasteiger partial charge in [-0.1, -0.05) is 64.2 Å². The number of carbonyl (C=O) groups is 1. The van der Waals surface area contributed by atoms with Crippen LogP contribution in [0.3, 0.4) is 0 Å². The summed E-state index contributed by atoms with van der Waals surface area (Å²) >= 11 is 0. The van der Waals surface area contributed by atoms with Gasteiger partial charge in [0.25, 0.3) is 0 Å². The van der Waals surface area contributed by atoms with Crippen LogP contribution in [0.25, 0.3) is 0 Å². The van der Waals surface area contributed by atoms with Crippen LogP contribution in [0.4, 0.5) is 4.39 Å². The Balaban J connectivity index is 1.17. The maximum absolute atomic E-state index is 15.3. The van der Waals surface area contributed by atoms with Crippen LogP contribution < -0.4 is 0 Å². The predicted molar refractivity (Wildman–Crippen MR) is 157 cm³/mol. The number of hydrogen-bond donors (Lipinski definition) is 1. The summed E-state index contributed by atoms with van der Waals surface area (Å²) in [6.45, 7) is 5.87. The highest BCUT2D eigenvalue weighted by molar-refractivity contribution is 5.87. The van der Waals surface area contributed by atoms with E-state index < -0.39 is 5.97 Å². The second-order valence-corrected chi connectivity index (χ2v) is 13.1. The van der Waals surface area contributed by atoms with E-state index in [9.17, 15) is 4.79 Å². The quantitative estimate of drug-likeness (QED) is 0.163. The smallest absolute Gasteiger partial charge is 0.335 e. The molecule has 0 aliphatic heterocycles. The third kappa shape index (κ3) is 8.65. The molecule has 3 aliphatic carbocycles. The molecule has 3 saturated carbocycles. The fraction of sp³-hybridized carbons (Fsp3) is 0.743. The van der Waals surface area contributed by atoms with Crippen molar-refractivity contribution < 1.29 is 19.0 Å². The van der Waals surface area contributed by atoms with Crippen LogP contribution in [-0.4, -0.2) is 24.3 Å². The molecule has 1 N–H and O–H groups in total. The SMILES string of the molecule is C=C(CO)C(=O)OCCC1CCC(C2CCC(c3ccc(C4CCC(CCCCC)CC4)cc3F)CC2)CC1. The van der Waals surface area contributed by atoms with Crippen LogP contribution in [0.5, 0.6) is 0 Å². The Hall–Kier alpha value is -1.68. The van der Waals surface area contributed by atoms with Gasteiger partial charge in [-0.05, 0) is 123 Å². The third-order valence-electron chi connectivity index (χ3n) is 10.6. The van der Waals surface area contributed by atoms with E-state index in [1.807, 2.05) is 6.07 Å². The molecule has 1 aromatic rings. The number of esters is 1. The van der Waals surface area contributed by atoms with Gasteiger partial charge in [-0.3, -0.25) is 0 Å². The zero-order valence-electron chi connectivity index (χ0n) is 24.5. The highest BCUT2D eigenvalue weighted by Crippen LogP contribution is 2.45. The lowest BCUT2D eigenvalue weighted by Gasteiger charge is -2.38. The van der Waals surface area contributed by atoms with Crippen molar-refractivity contribution in [1.29, 1.82) is 0 Å². The summed E-state index contributed by atoms with van der Waals surface area (Å²) in [6.07, 6.45) is 21.1. The maximum atomic E-state index is 15.3. The van der Waals surface area contributed by atoms with Crippen LogP contribution in [0.1, 0.15) is 139 Å². The number of ether oxygens (including phenoxy) is 1. The molecule has 0 radical (unpaired) electrons. The molecule has 0 saturated heterocycles. The maximum Gasteiger partial charge on any atom is 0.335 e. The molecule has 3 nitrogen and oxygen atoms in total. The number of rotatable bonds is 12. The molecule has 0 heterocycles. The molecule has 39 heavy (non-hydrogen) atoms. The number of unbranched alkanes of at least 4 members (excludes halogenated alkanes) is 2. The molecule has 0 unspecified atom stereocenters. The van der Waals surface area contributed by atoms with Crippen molar-refractivity contribution in [3.05, 3.63) is 47.3 Å². The molecule has 0 bridgehead atoms. The van der Waals surface area contributed by atoms with E-state index >= 15 is 4.39 Å². The topological polar surface area (TPSA) is 46.5 Å².